The number of benzene rings is 4. The minimum absolute atomic E-state index is 0.165. The summed E-state index contributed by atoms with van der Waals surface area (Å²) in [6.07, 6.45) is 0. The lowest BCUT2D eigenvalue weighted by molar-refractivity contribution is 0.669. The number of aromatic nitrogens is 3. The number of furan rings is 1. The summed E-state index contributed by atoms with van der Waals surface area (Å²) >= 11 is 6.24. The number of halogens is 1. The van der Waals surface area contributed by atoms with Gasteiger partial charge in [0.2, 0.25) is 5.28 Å². The summed E-state index contributed by atoms with van der Waals surface area (Å²) in [6.45, 7) is 0. The van der Waals surface area contributed by atoms with Gasteiger partial charge in [-0.25, -0.2) is 4.98 Å². The van der Waals surface area contributed by atoms with Gasteiger partial charge in [0.1, 0.15) is 11.2 Å². The minimum Gasteiger partial charge on any atom is -0.456 e. The monoisotopic (exact) mass is 433 g/mol. The van der Waals surface area contributed by atoms with Gasteiger partial charge in [-0.15, -0.1) is 0 Å². The molecule has 6 aromatic rings. The number of hydrogen-bond donors (Lipinski definition) is 0. The maximum atomic E-state index is 6.24. The molecular formula is C27H16ClN3O. The maximum absolute atomic E-state index is 6.24. The zero-order chi connectivity index (χ0) is 21.5. The van der Waals surface area contributed by atoms with E-state index in [1.165, 1.54) is 0 Å². The number of rotatable bonds is 3. The van der Waals surface area contributed by atoms with E-state index in [0.717, 1.165) is 44.2 Å². The van der Waals surface area contributed by atoms with Crippen molar-refractivity contribution in [3.63, 3.8) is 0 Å². The Hall–Kier alpha value is -4.02. The summed E-state index contributed by atoms with van der Waals surface area (Å²) in [5.41, 5.74) is 5.68. The van der Waals surface area contributed by atoms with E-state index >= 15 is 0 Å². The van der Waals surface area contributed by atoms with E-state index in [4.69, 9.17) is 16.0 Å². The molecule has 5 heteroatoms. The fourth-order valence-corrected chi connectivity index (χ4v) is 4.08. The quantitative estimate of drug-likeness (QED) is 0.291. The predicted octanol–water partition coefficient (Wildman–Crippen LogP) is 7.43. The van der Waals surface area contributed by atoms with Gasteiger partial charge in [0.15, 0.2) is 11.6 Å². The van der Waals surface area contributed by atoms with Gasteiger partial charge in [0.25, 0.3) is 0 Å². The largest absolute Gasteiger partial charge is 0.456 e. The summed E-state index contributed by atoms with van der Waals surface area (Å²) in [7, 11) is 0. The standard InChI is InChI=1S/C27H16ClN3O/c28-27-30-25(18-9-5-2-6-10-18)29-26(31-27)20-12-14-23-22(15-20)21-13-11-19(16-24(21)32-23)17-7-3-1-4-8-17/h1-16H. The first-order valence-electron chi connectivity index (χ1n) is 10.2. The van der Waals surface area contributed by atoms with Crippen molar-refractivity contribution in [2.45, 2.75) is 0 Å². The molecule has 0 unspecified atom stereocenters. The SMILES string of the molecule is Clc1nc(-c2ccccc2)nc(-c2ccc3oc4cc(-c5ccccc5)ccc4c3c2)n1. The average Bonchev–Trinajstić information content (AvgIpc) is 3.22. The van der Waals surface area contributed by atoms with Crippen molar-refractivity contribution >= 4 is 33.5 Å². The Morgan fingerprint density at radius 3 is 1.91 bits per heavy atom. The number of fused-ring (bicyclic) bond motifs is 3. The van der Waals surface area contributed by atoms with Crippen LogP contribution >= 0.6 is 11.6 Å². The van der Waals surface area contributed by atoms with Gasteiger partial charge < -0.3 is 4.42 Å². The van der Waals surface area contributed by atoms with Crippen molar-refractivity contribution in [1.82, 2.24) is 15.0 Å². The summed E-state index contributed by atoms with van der Waals surface area (Å²) in [5.74, 6) is 1.08. The van der Waals surface area contributed by atoms with Crippen LogP contribution in [0.1, 0.15) is 0 Å². The molecule has 152 valence electrons. The molecule has 0 amide bonds. The smallest absolute Gasteiger partial charge is 0.226 e. The summed E-state index contributed by atoms with van der Waals surface area (Å²) in [4.78, 5) is 13.3. The van der Waals surface area contributed by atoms with Crippen molar-refractivity contribution in [1.29, 1.82) is 0 Å². The molecule has 0 saturated carbocycles. The Labute approximate surface area is 189 Å². The fourth-order valence-electron chi connectivity index (χ4n) is 3.92. The van der Waals surface area contributed by atoms with Crippen molar-refractivity contribution in [3.8, 4) is 33.9 Å². The second-order valence-corrected chi connectivity index (χ2v) is 7.85. The van der Waals surface area contributed by atoms with E-state index in [2.05, 4.69) is 45.3 Å². The van der Waals surface area contributed by atoms with Crippen LogP contribution in [0, 0.1) is 0 Å². The highest BCUT2D eigenvalue weighted by Crippen LogP contribution is 2.34. The Balaban J connectivity index is 1.47. The second kappa shape index (κ2) is 7.59. The molecular weight excluding hydrogens is 418 g/mol. The third-order valence-electron chi connectivity index (χ3n) is 5.48. The normalized spacial score (nSPS) is 11.3. The molecule has 0 saturated heterocycles. The van der Waals surface area contributed by atoms with E-state index in [-0.39, 0.29) is 5.28 Å². The van der Waals surface area contributed by atoms with Crippen LogP contribution in [-0.2, 0) is 0 Å². The second-order valence-electron chi connectivity index (χ2n) is 7.51. The van der Waals surface area contributed by atoms with Crippen molar-refractivity contribution < 1.29 is 4.42 Å². The molecule has 0 N–H and O–H groups in total. The first kappa shape index (κ1) is 18.7. The highest BCUT2D eigenvalue weighted by molar-refractivity contribution is 6.28. The summed E-state index contributed by atoms with van der Waals surface area (Å²) < 4.78 is 6.14. The average molecular weight is 434 g/mol. The molecule has 0 aliphatic rings. The van der Waals surface area contributed by atoms with Crippen molar-refractivity contribution in [2.75, 3.05) is 0 Å². The van der Waals surface area contributed by atoms with Crippen molar-refractivity contribution in [2.24, 2.45) is 0 Å². The van der Waals surface area contributed by atoms with Gasteiger partial charge >= 0.3 is 0 Å². The molecule has 32 heavy (non-hydrogen) atoms. The Morgan fingerprint density at radius 1 is 0.500 bits per heavy atom. The molecule has 0 fully saturated rings. The van der Waals surface area contributed by atoms with Crippen LogP contribution in [0.15, 0.2) is 101 Å². The van der Waals surface area contributed by atoms with Gasteiger partial charge in [-0.1, -0.05) is 66.7 Å². The Morgan fingerprint density at radius 2 is 1.16 bits per heavy atom. The molecule has 0 spiro atoms. The first-order valence-corrected chi connectivity index (χ1v) is 10.6. The molecule has 4 nitrogen and oxygen atoms in total. The maximum Gasteiger partial charge on any atom is 0.226 e. The van der Waals surface area contributed by atoms with Gasteiger partial charge in [-0.3, -0.25) is 0 Å². The number of nitrogens with zero attached hydrogens (tertiary/aromatic N) is 3. The lowest BCUT2D eigenvalue weighted by Crippen LogP contribution is -1.97. The summed E-state index contributed by atoms with van der Waals surface area (Å²) in [5, 5.41) is 2.22. The molecule has 0 atom stereocenters. The lowest BCUT2D eigenvalue weighted by Gasteiger charge is -2.05. The number of hydrogen-bond acceptors (Lipinski definition) is 4. The molecule has 0 bridgehead atoms. The van der Waals surface area contributed by atoms with E-state index in [1.54, 1.807) is 0 Å². The topological polar surface area (TPSA) is 51.8 Å². The molecule has 0 radical (unpaired) electrons. The van der Waals surface area contributed by atoms with Crippen LogP contribution in [0.25, 0.3) is 55.8 Å². The van der Waals surface area contributed by atoms with Gasteiger partial charge in [0.05, 0.1) is 0 Å². The van der Waals surface area contributed by atoms with E-state index < -0.39 is 0 Å². The zero-order valence-electron chi connectivity index (χ0n) is 16.9. The van der Waals surface area contributed by atoms with Crippen LogP contribution in [0.3, 0.4) is 0 Å². The van der Waals surface area contributed by atoms with Gasteiger partial charge in [-0.05, 0) is 53.1 Å². The van der Waals surface area contributed by atoms with Crippen LogP contribution in [0.4, 0.5) is 0 Å². The lowest BCUT2D eigenvalue weighted by atomic mass is 10.0. The molecule has 6 rings (SSSR count). The Bertz CT molecular complexity index is 1580. The molecule has 2 heterocycles. The van der Waals surface area contributed by atoms with E-state index in [1.807, 2.05) is 66.7 Å². The molecule has 2 aromatic heterocycles. The van der Waals surface area contributed by atoms with E-state index in [0.29, 0.717) is 11.6 Å². The molecule has 0 aliphatic carbocycles. The Kier molecular flexibility index (Phi) is 4.44. The summed E-state index contributed by atoms with van der Waals surface area (Å²) in [6, 6.07) is 32.3. The molecule has 4 aromatic carbocycles. The van der Waals surface area contributed by atoms with Crippen molar-refractivity contribution in [3.05, 3.63) is 102 Å². The van der Waals surface area contributed by atoms with Crippen LogP contribution in [0.2, 0.25) is 5.28 Å². The van der Waals surface area contributed by atoms with Crippen LogP contribution in [0.5, 0.6) is 0 Å². The highest BCUT2D eigenvalue weighted by atomic mass is 35.5. The first-order chi connectivity index (χ1) is 15.7. The third-order valence-corrected chi connectivity index (χ3v) is 5.65. The third kappa shape index (κ3) is 3.31. The highest BCUT2D eigenvalue weighted by Gasteiger charge is 2.13. The fraction of sp³-hybridized carbons (Fsp3) is 0. The predicted molar refractivity (Wildman–Crippen MR) is 128 cm³/mol. The van der Waals surface area contributed by atoms with Gasteiger partial charge in [0, 0.05) is 21.9 Å². The molecule has 0 aliphatic heterocycles. The van der Waals surface area contributed by atoms with E-state index in [9.17, 15) is 0 Å². The zero-order valence-corrected chi connectivity index (χ0v) is 17.6. The van der Waals surface area contributed by atoms with Crippen LogP contribution in [-0.4, -0.2) is 15.0 Å². The van der Waals surface area contributed by atoms with Crippen LogP contribution < -0.4 is 0 Å². The minimum atomic E-state index is 0.165. The van der Waals surface area contributed by atoms with Gasteiger partial charge in [-0.2, -0.15) is 9.97 Å².